The van der Waals surface area contributed by atoms with Crippen molar-refractivity contribution in [2.45, 2.75) is 37.9 Å². The third-order valence-electron chi connectivity index (χ3n) is 5.06. The van der Waals surface area contributed by atoms with Crippen molar-refractivity contribution in [2.75, 3.05) is 5.75 Å². The fraction of sp³-hybridized carbons (Fsp3) is 0.261. The molecule has 0 spiro atoms. The normalized spacial score (nSPS) is 13.2. The van der Waals surface area contributed by atoms with Crippen LogP contribution in [0.25, 0.3) is 11.6 Å². The predicted molar refractivity (Wildman–Crippen MR) is 119 cm³/mol. The predicted octanol–water partition coefficient (Wildman–Crippen LogP) is 5.19. The Morgan fingerprint density at radius 3 is 2.97 bits per heavy atom. The van der Waals surface area contributed by atoms with Crippen molar-refractivity contribution in [1.82, 2.24) is 14.9 Å². The summed E-state index contributed by atoms with van der Waals surface area (Å²) < 4.78 is 18.9. The molecule has 1 aromatic carbocycles. The Morgan fingerprint density at radius 2 is 2.10 bits per heavy atom. The first kappa shape index (κ1) is 19.7. The van der Waals surface area contributed by atoms with E-state index in [0.717, 1.165) is 23.7 Å². The maximum atomic E-state index is 5.92. The minimum absolute atomic E-state index is 0.369. The van der Waals surface area contributed by atoms with E-state index in [-0.39, 0.29) is 0 Å². The lowest BCUT2D eigenvalue weighted by Crippen LogP contribution is -1.96. The van der Waals surface area contributed by atoms with Crippen molar-refractivity contribution < 1.29 is 13.6 Å². The lowest BCUT2D eigenvalue weighted by Gasteiger charge is -2.06. The molecule has 0 fully saturated rings. The number of benzene rings is 1. The Balaban J connectivity index is 1.29. The van der Waals surface area contributed by atoms with Crippen LogP contribution < -0.4 is 4.74 Å². The SMILES string of the molecule is CCSc1nnc(-c2ccco2)n1N=Cc1ccc(COc2ccc3c(c2)CCC3)o1. The molecular weight excluding hydrogens is 412 g/mol. The maximum Gasteiger partial charge on any atom is 0.221 e. The zero-order valence-electron chi connectivity index (χ0n) is 17.2. The number of hydrogen-bond acceptors (Lipinski definition) is 7. The molecule has 1 aliphatic carbocycles. The highest BCUT2D eigenvalue weighted by atomic mass is 32.2. The van der Waals surface area contributed by atoms with Crippen LogP contribution >= 0.6 is 11.8 Å². The van der Waals surface area contributed by atoms with E-state index < -0.39 is 0 Å². The monoisotopic (exact) mass is 434 g/mol. The highest BCUT2D eigenvalue weighted by Gasteiger charge is 2.16. The van der Waals surface area contributed by atoms with Gasteiger partial charge in [-0.2, -0.15) is 9.78 Å². The van der Waals surface area contributed by atoms with E-state index in [9.17, 15) is 0 Å². The lowest BCUT2D eigenvalue weighted by atomic mass is 10.1. The van der Waals surface area contributed by atoms with E-state index in [2.05, 4.69) is 34.4 Å². The molecule has 0 aliphatic heterocycles. The molecule has 0 atom stereocenters. The number of furan rings is 2. The Kier molecular flexibility index (Phi) is 5.62. The summed E-state index contributed by atoms with van der Waals surface area (Å²) in [7, 11) is 0. The van der Waals surface area contributed by atoms with Gasteiger partial charge in [0.25, 0.3) is 0 Å². The zero-order valence-corrected chi connectivity index (χ0v) is 18.0. The minimum atomic E-state index is 0.369. The van der Waals surface area contributed by atoms with Gasteiger partial charge in [-0.15, -0.1) is 10.2 Å². The molecule has 0 saturated carbocycles. The molecule has 0 unspecified atom stereocenters. The molecular formula is C23H22N4O3S. The van der Waals surface area contributed by atoms with Gasteiger partial charge in [0.05, 0.1) is 12.5 Å². The summed E-state index contributed by atoms with van der Waals surface area (Å²) in [5, 5.41) is 13.7. The summed E-state index contributed by atoms with van der Waals surface area (Å²) in [4.78, 5) is 0. The van der Waals surface area contributed by atoms with Crippen LogP contribution in [0.5, 0.6) is 5.75 Å². The summed E-state index contributed by atoms with van der Waals surface area (Å²) in [5.74, 6) is 4.25. The van der Waals surface area contributed by atoms with E-state index in [1.54, 1.807) is 28.9 Å². The number of hydrogen-bond donors (Lipinski definition) is 0. The number of rotatable bonds is 8. The van der Waals surface area contributed by atoms with Gasteiger partial charge in [0, 0.05) is 0 Å². The molecule has 31 heavy (non-hydrogen) atoms. The molecule has 4 aromatic rings. The third kappa shape index (κ3) is 4.29. The van der Waals surface area contributed by atoms with Crippen LogP contribution in [0, 0.1) is 0 Å². The Labute approximate surface area is 184 Å². The van der Waals surface area contributed by atoms with Crippen molar-refractivity contribution in [3.05, 3.63) is 71.4 Å². The van der Waals surface area contributed by atoms with Gasteiger partial charge in [0.2, 0.25) is 11.0 Å². The molecule has 0 N–H and O–H groups in total. The second-order valence-electron chi connectivity index (χ2n) is 7.15. The van der Waals surface area contributed by atoms with Crippen molar-refractivity contribution in [3.63, 3.8) is 0 Å². The second-order valence-corrected chi connectivity index (χ2v) is 8.38. The van der Waals surface area contributed by atoms with Gasteiger partial charge in [0.1, 0.15) is 23.9 Å². The van der Waals surface area contributed by atoms with Crippen molar-refractivity contribution in [3.8, 4) is 17.3 Å². The van der Waals surface area contributed by atoms with Crippen LogP contribution in [0.1, 0.15) is 36.0 Å². The first-order valence-corrected chi connectivity index (χ1v) is 11.3. The summed E-state index contributed by atoms with van der Waals surface area (Å²) in [6, 6.07) is 13.7. The van der Waals surface area contributed by atoms with Gasteiger partial charge in [0.15, 0.2) is 5.76 Å². The average Bonchev–Trinajstić information content (AvgIpc) is 3.58. The smallest absolute Gasteiger partial charge is 0.221 e. The van der Waals surface area contributed by atoms with Crippen molar-refractivity contribution in [2.24, 2.45) is 5.10 Å². The molecule has 1 aliphatic rings. The van der Waals surface area contributed by atoms with E-state index in [1.807, 2.05) is 30.3 Å². The Bertz CT molecular complexity index is 1190. The highest BCUT2D eigenvalue weighted by molar-refractivity contribution is 7.99. The van der Waals surface area contributed by atoms with Gasteiger partial charge in [-0.3, -0.25) is 0 Å². The van der Waals surface area contributed by atoms with Gasteiger partial charge >= 0.3 is 0 Å². The molecule has 5 rings (SSSR count). The molecule has 3 heterocycles. The second kappa shape index (κ2) is 8.85. The van der Waals surface area contributed by atoms with Crippen molar-refractivity contribution in [1.29, 1.82) is 0 Å². The van der Waals surface area contributed by atoms with Crippen LogP contribution in [0.3, 0.4) is 0 Å². The minimum Gasteiger partial charge on any atom is -0.486 e. The highest BCUT2D eigenvalue weighted by Crippen LogP contribution is 2.27. The molecule has 8 heteroatoms. The Hall–Kier alpha value is -3.26. The molecule has 0 amide bonds. The van der Waals surface area contributed by atoms with E-state index in [1.165, 1.54) is 24.0 Å². The quantitative estimate of drug-likeness (QED) is 0.280. The lowest BCUT2D eigenvalue weighted by molar-refractivity contribution is 0.269. The zero-order chi connectivity index (χ0) is 21.0. The third-order valence-corrected chi connectivity index (χ3v) is 5.86. The molecule has 0 bridgehead atoms. The summed E-state index contributed by atoms with van der Waals surface area (Å²) in [6.45, 7) is 2.42. The fourth-order valence-electron chi connectivity index (χ4n) is 3.60. The first-order chi connectivity index (χ1) is 15.3. The topological polar surface area (TPSA) is 78.6 Å². The number of nitrogens with zero attached hydrogens (tertiary/aromatic N) is 4. The van der Waals surface area contributed by atoms with Gasteiger partial charge in [-0.05, 0) is 72.5 Å². The van der Waals surface area contributed by atoms with Crippen molar-refractivity contribution >= 4 is 18.0 Å². The van der Waals surface area contributed by atoms with E-state index >= 15 is 0 Å². The van der Waals surface area contributed by atoms with Crippen LogP contribution in [0.15, 0.2) is 67.8 Å². The molecule has 0 radical (unpaired) electrons. The number of aromatic nitrogens is 3. The Morgan fingerprint density at radius 1 is 1.16 bits per heavy atom. The first-order valence-electron chi connectivity index (χ1n) is 10.3. The fourth-order valence-corrected chi connectivity index (χ4v) is 4.21. The number of fused-ring (bicyclic) bond motifs is 1. The number of thioether (sulfide) groups is 1. The molecule has 0 saturated heterocycles. The standard InChI is InChI=1S/C23H22N4O3S/c1-2-31-23-26-25-22(21-7-4-12-28-21)27(23)24-14-19-10-11-20(30-19)15-29-18-9-8-16-5-3-6-17(16)13-18/h4,7-14H,2-3,5-6,15H2,1H3. The van der Waals surface area contributed by atoms with Gasteiger partial charge in [-0.1, -0.05) is 24.8 Å². The van der Waals surface area contributed by atoms with E-state index in [0.29, 0.717) is 29.1 Å². The van der Waals surface area contributed by atoms with Crippen LogP contribution in [-0.2, 0) is 19.4 Å². The largest absolute Gasteiger partial charge is 0.486 e. The molecule has 158 valence electrons. The summed E-state index contributed by atoms with van der Waals surface area (Å²) in [5.41, 5.74) is 2.83. The van der Waals surface area contributed by atoms with Crippen LogP contribution in [0.4, 0.5) is 0 Å². The summed E-state index contributed by atoms with van der Waals surface area (Å²) >= 11 is 1.56. The molecule has 7 nitrogen and oxygen atoms in total. The maximum absolute atomic E-state index is 5.92. The van der Waals surface area contributed by atoms with Crippen LogP contribution in [0.2, 0.25) is 0 Å². The van der Waals surface area contributed by atoms with Gasteiger partial charge in [-0.25, -0.2) is 0 Å². The molecule has 3 aromatic heterocycles. The average molecular weight is 435 g/mol. The number of aryl methyl sites for hydroxylation is 2. The number of ether oxygens (including phenoxy) is 1. The van der Waals surface area contributed by atoms with Gasteiger partial charge < -0.3 is 13.6 Å². The van der Waals surface area contributed by atoms with Crippen LogP contribution in [-0.4, -0.2) is 26.8 Å². The van der Waals surface area contributed by atoms with E-state index in [4.69, 9.17) is 13.6 Å². The summed E-state index contributed by atoms with van der Waals surface area (Å²) in [6.07, 6.45) is 6.78.